The lowest BCUT2D eigenvalue weighted by Gasteiger charge is -2.22. The highest BCUT2D eigenvalue weighted by Gasteiger charge is 2.13. The predicted octanol–water partition coefficient (Wildman–Crippen LogP) is 4.01. The second-order valence-corrected chi connectivity index (χ2v) is 6.42. The molecule has 1 aromatic rings. The molecule has 0 saturated heterocycles. The molecule has 0 unspecified atom stereocenters. The van der Waals surface area contributed by atoms with Gasteiger partial charge in [0.2, 0.25) is 5.91 Å². The van der Waals surface area contributed by atoms with Crippen molar-refractivity contribution in [3.63, 3.8) is 0 Å². The van der Waals surface area contributed by atoms with Crippen LogP contribution < -0.4 is 10.6 Å². The molecule has 1 aromatic carbocycles. The first-order chi connectivity index (χ1) is 9.65. The van der Waals surface area contributed by atoms with Gasteiger partial charge in [0.25, 0.3) is 0 Å². The molecule has 0 heterocycles. The fraction of sp³-hybridized carbons (Fsp3) is 0.562. The molecule has 1 aliphatic carbocycles. The van der Waals surface area contributed by atoms with Crippen molar-refractivity contribution in [2.24, 2.45) is 0 Å². The van der Waals surface area contributed by atoms with Gasteiger partial charge in [-0.25, -0.2) is 0 Å². The fourth-order valence-corrected chi connectivity index (χ4v) is 3.22. The summed E-state index contributed by atoms with van der Waals surface area (Å²) in [6.07, 6.45) is 7.04. The molecule has 0 radical (unpaired) electrons. The van der Waals surface area contributed by atoms with Crippen molar-refractivity contribution in [1.29, 1.82) is 0 Å². The summed E-state index contributed by atoms with van der Waals surface area (Å²) in [5.41, 5.74) is 2.02. The third-order valence-electron chi connectivity index (χ3n) is 3.79. The van der Waals surface area contributed by atoms with Crippen LogP contribution in [0.3, 0.4) is 0 Å². The summed E-state index contributed by atoms with van der Waals surface area (Å²) in [5.74, 6) is 0.0675. The van der Waals surface area contributed by atoms with E-state index < -0.39 is 0 Å². The normalized spacial score (nSPS) is 16.1. The minimum Gasteiger partial charge on any atom is -0.325 e. The maximum Gasteiger partial charge on any atom is 0.225 e. The molecule has 2 N–H and O–H groups in total. The number of carbonyl (C=O) groups excluding carboxylic acids is 1. The quantitative estimate of drug-likeness (QED) is 0.851. The van der Waals surface area contributed by atoms with Crippen molar-refractivity contribution in [3.05, 3.63) is 28.2 Å². The van der Waals surface area contributed by atoms with Gasteiger partial charge in [0.05, 0.1) is 5.69 Å². The standard InChI is InChI=1S/C16H23BrN2O/c1-12-7-8-15(14(17)11-12)19-16(20)9-10-18-13-5-3-2-4-6-13/h7-8,11,13,18H,2-6,9-10H2,1H3,(H,19,20). The Morgan fingerprint density at radius 1 is 1.30 bits per heavy atom. The molecular formula is C16H23BrN2O. The summed E-state index contributed by atoms with van der Waals surface area (Å²) in [5, 5.41) is 6.44. The highest BCUT2D eigenvalue weighted by Crippen LogP contribution is 2.23. The molecule has 0 bridgehead atoms. The van der Waals surface area contributed by atoms with Crippen molar-refractivity contribution in [3.8, 4) is 0 Å². The minimum absolute atomic E-state index is 0.0675. The van der Waals surface area contributed by atoms with Gasteiger partial charge in [-0.3, -0.25) is 4.79 Å². The van der Waals surface area contributed by atoms with Crippen LogP contribution >= 0.6 is 15.9 Å². The van der Waals surface area contributed by atoms with Crippen molar-refractivity contribution in [1.82, 2.24) is 5.32 Å². The van der Waals surface area contributed by atoms with Crippen molar-refractivity contribution in [2.45, 2.75) is 51.5 Å². The number of hydrogen-bond donors (Lipinski definition) is 2. The first-order valence-corrected chi connectivity index (χ1v) is 8.24. The van der Waals surface area contributed by atoms with Gasteiger partial charge < -0.3 is 10.6 Å². The van der Waals surface area contributed by atoms with Gasteiger partial charge >= 0.3 is 0 Å². The van der Waals surface area contributed by atoms with Gasteiger partial charge in [0.1, 0.15) is 0 Å². The third kappa shape index (κ3) is 4.91. The summed E-state index contributed by atoms with van der Waals surface area (Å²) < 4.78 is 0.936. The van der Waals surface area contributed by atoms with Gasteiger partial charge in [-0.2, -0.15) is 0 Å². The number of benzene rings is 1. The van der Waals surface area contributed by atoms with Crippen LogP contribution in [-0.2, 0) is 4.79 Å². The van der Waals surface area contributed by atoms with E-state index in [1.54, 1.807) is 0 Å². The number of hydrogen-bond acceptors (Lipinski definition) is 2. The number of nitrogens with one attached hydrogen (secondary N) is 2. The van der Waals surface area contributed by atoms with Crippen LogP contribution in [0.1, 0.15) is 44.1 Å². The molecule has 110 valence electrons. The highest BCUT2D eigenvalue weighted by atomic mass is 79.9. The average molecular weight is 339 g/mol. The maximum atomic E-state index is 11.9. The third-order valence-corrected chi connectivity index (χ3v) is 4.45. The van der Waals surface area contributed by atoms with E-state index in [1.165, 1.54) is 37.7 Å². The zero-order valence-electron chi connectivity index (χ0n) is 12.0. The van der Waals surface area contributed by atoms with E-state index in [0.29, 0.717) is 12.5 Å². The zero-order valence-corrected chi connectivity index (χ0v) is 13.6. The number of anilines is 1. The molecule has 20 heavy (non-hydrogen) atoms. The van der Waals surface area contributed by atoms with E-state index >= 15 is 0 Å². The number of halogens is 1. The average Bonchev–Trinajstić information content (AvgIpc) is 2.43. The summed E-state index contributed by atoms with van der Waals surface area (Å²) in [6.45, 7) is 2.80. The lowest BCUT2D eigenvalue weighted by molar-refractivity contribution is -0.116. The minimum atomic E-state index is 0.0675. The van der Waals surface area contributed by atoms with Crippen LogP contribution in [0.5, 0.6) is 0 Å². The zero-order chi connectivity index (χ0) is 14.4. The van der Waals surface area contributed by atoms with Crippen molar-refractivity contribution >= 4 is 27.5 Å². The van der Waals surface area contributed by atoms with Crippen LogP contribution in [0.4, 0.5) is 5.69 Å². The number of amides is 1. The molecule has 3 nitrogen and oxygen atoms in total. The Kier molecular flexibility index (Phi) is 6.05. The first kappa shape index (κ1) is 15.5. The van der Waals surface area contributed by atoms with Gasteiger partial charge in [-0.1, -0.05) is 25.3 Å². The molecular weight excluding hydrogens is 316 g/mol. The Bertz CT molecular complexity index is 456. The van der Waals surface area contributed by atoms with Crippen molar-refractivity contribution in [2.75, 3.05) is 11.9 Å². The molecule has 4 heteroatoms. The van der Waals surface area contributed by atoms with Crippen LogP contribution in [-0.4, -0.2) is 18.5 Å². The summed E-state index contributed by atoms with van der Waals surface area (Å²) in [7, 11) is 0. The Labute approximate surface area is 129 Å². The summed E-state index contributed by atoms with van der Waals surface area (Å²) in [6, 6.07) is 6.56. The van der Waals surface area contributed by atoms with Crippen LogP contribution in [0.25, 0.3) is 0 Å². The molecule has 1 fully saturated rings. The lowest BCUT2D eigenvalue weighted by atomic mass is 9.95. The molecule has 0 aliphatic heterocycles. The van der Waals surface area contributed by atoms with Gasteiger partial charge in [-0.05, 0) is 53.4 Å². The van der Waals surface area contributed by atoms with E-state index in [2.05, 4.69) is 26.6 Å². The lowest BCUT2D eigenvalue weighted by Crippen LogP contribution is -2.33. The summed E-state index contributed by atoms with van der Waals surface area (Å²) >= 11 is 3.48. The number of carbonyl (C=O) groups is 1. The topological polar surface area (TPSA) is 41.1 Å². The fourth-order valence-electron chi connectivity index (χ4n) is 2.63. The van der Waals surface area contributed by atoms with Gasteiger partial charge in [-0.15, -0.1) is 0 Å². The van der Waals surface area contributed by atoms with Gasteiger partial charge in [0, 0.05) is 23.5 Å². The SMILES string of the molecule is Cc1ccc(NC(=O)CCNC2CCCCC2)c(Br)c1. The van der Waals surface area contributed by atoms with Crippen molar-refractivity contribution < 1.29 is 4.79 Å². The second kappa shape index (κ2) is 7.79. The Balaban J connectivity index is 1.72. The number of aryl methyl sites for hydroxylation is 1. The van der Waals surface area contributed by atoms with E-state index in [1.807, 2.05) is 25.1 Å². The monoisotopic (exact) mass is 338 g/mol. The second-order valence-electron chi connectivity index (χ2n) is 5.57. The molecule has 0 aromatic heterocycles. The Morgan fingerprint density at radius 3 is 2.75 bits per heavy atom. The van der Waals surface area contributed by atoms with Crippen LogP contribution in [0.2, 0.25) is 0 Å². The van der Waals surface area contributed by atoms with Crippen LogP contribution in [0.15, 0.2) is 22.7 Å². The van der Waals surface area contributed by atoms with Crippen LogP contribution in [0, 0.1) is 6.92 Å². The molecule has 0 spiro atoms. The number of rotatable bonds is 5. The van der Waals surface area contributed by atoms with E-state index in [0.717, 1.165) is 16.7 Å². The Hall–Kier alpha value is -0.870. The van der Waals surface area contributed by atoms with Gasteiger partial charge in [0.15, 0.2) is 0 Å². The molecule has 2 rings (SSSR count). The Morgan fingerprint density at radius 2 is 2.05 bits per heavy atom. The molecule has 1 amide bonds. The van der Waals surface area contributed by atoms with E-state index in [4.69, 9.17) is 0 Å². The highest BCUT2D eigenvalue weighted by molar-refractivity contribution is 9.10. The predicted molar refractivity (Wildman–Crippen MR) is 87.0 cm³/mol. The largest absolute Gasteiger partial charge is 0.325 e. The molecule has 0 atom stereocenters. The summed E-state index contributed by atoms with van der Waals surface area (Å²) in [4.78, 5) is 11.9. The maximum absolute atomic E-state index is 11.9. The molecule has 1 saturated carbocycles. The smallest absolute Gasteiger partial charge is 0.225 e. The van der Waals surface area contributed by atoms with E-state index in [9.17, 15) is 4.79 Å². The first-order valence-electron chi connectivity index (χ1n) is 7.44. The van der Waals surface area contributed by atoms with E-state index in [-0.39, 0.29) is 5.91 Å². The molecule has 1 aliphatic rings.